The first-order chi connectivity index (χ1) is 14.6. The van der Waals surface area contributed by atoms with E-state index < -0.39 is 6.23 Å². The molecule has 3 heterocycles. The van der Waals surface area contributed by atoms with E-state index in [0.717, 1.165) is 42.3 Å². The Labute approximate surface area is 181 Å². The molecule has 1 aliphatic rings. The average molecular weight is 429 g/mol. The quantitative estimate of drug-likeness (QED) is 0.581. The van der Waals surface area contributed by atoms with Crippen LogP contribution in [0.15, 0.2) is 48.0 Å². The summed E-state index contributed by atoms with van der Waals surface area (Å²) in [6.07, 6.45) is 3.18. The van der Waals surface area contributed by atoms with E-state index in [4.69, 9.17) is 14.6 Å². The van der Waals surface area contributed by atoms with Crippen LogP contribution in [0.3, 0.4) is 0 Å². The van der Waals surface area contributed by atoms with Crippen molar-refractivity contribution in [3.8, 4) is 17.2 Å². The Morgan fingerprint density at radius 3 is 2.57 bits per heavy atom. The summed E-state index contributed by atoms with van der Waals surface area (Å²) in [5.74, 6) is 2.09. The first-order valence-corrected chi connectivity index (χ1v) is 10.9. The van der Waals surface area contributed by atoms with Gasteiger partial charge in [-0.25, -0.2) is 4.68 Å². The fraction of sp³-hybridized carbons (Fsp3) is 0.409. The number of hydrogen-bond acceptors (Lipinski definition) is 7. The Morgan fingerprint density at radius 1 is 1.13 bits per heavy atom. The predicted octanol–water partition coefficient (Wildman–Crippen LogP) is 3.54. The van der Waals surface area contributed by atoms with Crippen LogP contribution in [-0.2, 0) is 0 Å². The van der Waals surface area contributed by atoms with Crippen molar-refractivity contribution in [2.45, 2.75) is 25.1 Å². The molecule has 1 aliphatic heterocycles. The monoisotopic (exact) mass is 428 g/mol. The number of ether oxygens (including phenoxy) is 2. The topological polar surface area (TPSA) is 63.0 Å². The summed E-state index contributed by atoms with van der Waals surface area (Å²) >= 11 is 1.56. The molecule has 30 heavy (non-hydrogen) atoms. The predicted molar refractivity (Wildman–Crippen MR) is 119 cm³/mol. The molecule has 1 fully saturated rings. The number of piperidine rings is 1. The number of nitrogens with zero attached hydrogens (tertiary/aromatic N) is 4. The van der Waals surface area contributed by atoms with Crippen molar-refractivity contribution in [1.82, 2.24) is 14.7 Å². The van der Waals surface area contributed by atoms with E-state index in [-0.39, 0.29) is 6.04 Å². The molecule has 1 aromatic carbocycles. The molecule has 0 aliphatic carbocycles. The molecule has 0 amide bonds. The van der Waals surface area contributed by atoms with Crippen molar-refractivity contribution in [3.05, 3.63) is 52.9 Å². The molecule has 2 aromatic heterocycles. The lowest BCUT2D eigenvalue weighted by atomic mass is 10.0. The third-order valence-electron chi connectivity index (χ3n) is 5.61. The molecule has 0 radical (unpaired) electrons. The van der Waals surface area contributed by atoms with Crippen LogP contribution in [0, 0.1) is 0 Å². The highest BCUT2D eigenvalue weighted by Gasteiger charge is 2.31. The maximum absolute atomic E-state index is 11.2. The highest BCUT2D eigenvalue weighted by molar-refractivity contribution is 7.10. The zero-order valence-corrected chi connectivity index (χ0v) is 18.4. The van der Waals surface area contributed by atoms with Gasteiger partial charge in [-0.05, 0) is 56.6 Å². The Kier molecular flexibility index (Phi) is 6.26. The summed E-state index contributed by atoms with van der Waals surface area (Å²) in [6, 6.07) is 11.8. The van der Waals surface area contributed by atoms with Crippen molar-refractivity contribution < 1.29 is 14.6 Å². The zero-order chi connectivity index (χ0) is 21.1. The lowest BCUT2D eigenvalue weighted by Gasteiger charge is -2.39. The van der Waals surface area contributed by atoms with Gasteiger partial charge >= 0.3 is 0 Å². The Hall–Kier alpha value is -2.55. The molecular weight excluding hydrogens is 400 g/mol. The minimum Gasteiger partial charge on any atom is -0.493 e. The molecule has 1 saturated heterocycles. The Bertz CT molecular complexity index is 951. The molecule has 1 unspecified atom stereocenters. The van der Waals surface area contributed by atoms with Gasteiger partial charge in [-0.2, -0.15) is 5.10 Å². The molecule has 1 N–H and O–H groups in total. The van der Waals surface area contributed by atoms with Gasteiger partial charge in [0.25, 0.3) is 0 Å². The molecule has 3 aromatic rings. The van der Waals surface area contributed by atoms with E-state index in [1.165, 1.54) is 0 Å². The van der Waals surface area contributed by atoms with Crippen molar-refractivity contribution in [1.29, 1.82) is 0 Å². The molecule has 0 spiro atoms. The summed E-state index contributed by atoms with van der Waals surface area (Å²) < 4.78 is 12.6. The number of likely N-dealkylation sites (tertiary alicyclic amines) is 1. The highest BCUT2D eigenvalue weighted by Crippen LogP contribution is 2.34. The van der Waals surface area contributed by atoms with E-state index >= 15 is 0 Å². The van der Waals surface area contributed by atoms with Gasteiger partial charge < -0.3 is 24.4 Å². The number of thiophene rings is 1. The number of aromatic nitrogens is 2. The molecule has 160 valence electrons. The maximum Gasteiger partial charge on any atom is 0.164 e. The second kappa shape index (κ2) is 9.07. The van der Waals surface area contributed by atoms with Crippen LogP contribution in [0.25, 0.3) is 5.69 Å². The van der Waals surface area contributed by atoms with Crippen LogP contribution < -0.4 is 14.4 Å². The van der Waals surface area contributed by atoms with E-state index in [1.54, 1.807) is 30.2 Å². The minimum atomic E-state index is -0.716. The Morgan fingerprint density at radius 2 is 1.90 bits per heavy atom. The zero-order valence-electron chi connectivity index (χ0n) is 17.6. The second-order valence-corrected chi connectivity index (χ2v) is 8.47. The molecule has 0 saturated carbocycles. The molecule has 7 nitrogen and oxygen atoms in total. The number of rotatable bonds is 7. The summed E-state index contributed by atoms with van der Waals surface area (Å²) in [6.45, 7) is 2.02. The third kappa shape index (κ3) is 4.16. The average Bonchev–Trinajstić information content (AvgIpc) is 3.47. The first kappa shape index (κ1) is 20.7. The fourth-order valence-corrected chi connectivity index (χ4v) is 4.63. The van der Waals surface area contributed by atoms with Gasteiger partial charge in [0.05, 0.1) is 24.8 Å². The maximum atomic E-state index is 11.2. The normalized spacial score (nSPS) is 16.4. The summed E-state index contributed by atoms with van der Waals surface area (Å²) in [4.78, 5) is 5.32. The van der Waals surface area contributed by atoms with Gasteiger partial charge in [0.1, 0.15) is 0 Å². The lowest BCUT2D eigenvalue weighted by molar-refractivity contribution is 0.142. The van der Waals surface area contributed by atoms with Crippen LogP contribution in [0.4, 0.5) is 5.82 Å². The molecular formula is C22H28N4O3S. The fourth-order valence-electron chi connectivity index (χ4n) is 3.92. The van der Waals surface area contributed by atoms with Gasteiger partial charge in [-0.3, -0.25) is 0 Å². The van der Waals surface area contributed by atoms with Gasteiger partial charge in [0, 0.05) is 24.4 Å². The first-order valence-electron chi connectivity index (χ1n) is 10.1. The minimum absolute atomic E-state index is 0.229. The third-order valence-corrected chi connectivity index (χ3v) is 6.53. The summed E-state index contributed by atoms with van der Waals surface area (Å²) in [7, 11) is 5.38. The molecule has 1 atom stereocenters. The number of benzene rings is 1. The van der Waals surface area contributed by atoms with Crippen LogP contribution in [0.2, 0.25) is 0 Å². The lowest BCUT2D eigenvalue weighted by Crippen LogP contribution is -2.45. The number of aliphatic hydroxyl groups excluding tert-OH is 1. The number of hydrogen-bond donors (Lipinski definition) is 1. The number of anilines is 1. The standard InChI is InChI=1S/C22H28N4O3S/c1-24-11-8-16(9-12-24)26(22(27)20-5-4-14-30-20)21-10-13-25(23-21)17-6-7-18(28-2)19(15-17)29-3/h4-7,10,13-16,22,27H,8-9,11-12H2,1-3H3. The number of aliphatic hydroxyl groups is 1. The van der Waals surface area contributed by atoms with Crippen molar-refractivity contribution in [3.63, 3.8) is 0 Å². The van der Waals surface area contributed by atoms with E-state index in [0.29, 0.717) is 11.5 Å². The van der Waals surface area contributed by atoms with E-state index in [9.17, 15) is 5.11 Å². The number of methoxy groups -OCH3 is 2. The molecule has 4 rings (SSSR count). The van der Waals surface area contributed by atoms with Crippen molar-refractivity contribution in [2.75, 3.05) is 39.3 Å². The smallest absolute Gasteiger partial charge is 0.164 e. The van der Waals surface area contributed by atoms with Crippen molar-refractivity contribution >= 4 is 17.2 Å². The highest BCUT2D eigenvalue weighted by atomic mass is 32.1. The van der Waals surface area contributed by atoms with Crippen LogP contribution in [0.1, 0.15) is 23.9 Å². The second-order valence-electron chi connectivity index (χ2n) is 7.49. The van der Waals surface area contributed by atoms with Crippen LogP contribution in [0.5, 0.6) is 11.5 Å². The largest absolute Gasteiger partial charge is 0.493 e. The van der Waals surface area contributed by atoms with Gasteiger partial charge in [-0.1, -0.05) is 6.07 Å². The van der Waals surface area contributed by atoms with Gasteiger partial charge in [-0.15, -0.1) is 11.3 Å². The molecule has 8 heteroatoms. The summed E-state index contributed by atoms with van der Waals surface area (Å²) in [5.41, 5.74) is 0.868. The molecule has 0 bridgehead atoms. The van der Waals surface area contributed by atoms with Crippen LogP contribution >= 0.6 is 11.3 Å². The Balaban J connectivity index is 1.66. The van der Waals surface area contributed by atoms with Crippen LogP contribution in [-0.4, -0.2) is 60.2 Å². The van der Waals surface area contributed by atoms with Gasteiger partial charge in [0.2, 0.25) is 0 Å². The SMILES string of the molecule is COc1ccc(-n2ccc(N(C3CCN(C)CC3)C(O)c3cccs3)n2)cc1OC. The van der Waals surface area contributed by atoms with Gasteiger partial charge in [0.15, 0.2) is 23.5 Å². The van der Waals surface area contributed by atoms with E-state index in [2.05, 4.69) is 16.8 Å². The van der Waals surface area contributed by atoms with Crippen molar-refractivity contribution in [2.24, 2.45) is 0 Å². The summed E-state index contributed by atoms with van der Waals surface area (Å²) in [5, 5.41) is 18.0. The van der Waals surface area contributed by atoms with E-state index in [1.807, 2.05) is 48.0 Å².